The van der Waals surface area contributed by atoms with Crippen molar-refractivity contribution in [2.75, 3.05) is 0 Å². The first-order valence-electron chi connectivity index (χ1n) is 4.55. The molecule has 0 heterocycles. The summed E-state index contributed by atoms with van der Waals surface area (Å²) < 4.78 is 5.75. The molecule has 1 rings (SSSR count). The van der Waals surface area contributed by atoms with Crippen LogP contribution in [-0.4, -0.2) is 17.3 Å². The van der Waals surface area contributed by atoms with Gasteiger partial charge in [-0.15, -0.1) is 0 Å². The second-order valence-electron chi connectivity index (χ2n) is 3.01. The highest BCUT2D eigenvalue weighted by Gasteiger charge is 2.02. The minimum Gasteiger partial charge on any atom is -0.427 e. The van der Waals surface area contributed by atoms with Crippen molar-refractivity contribution in [2.45, 2.75) is 6.92 Å². The molecular weight excluding hydrogens is 306 g/mol. The number of carbonyl (C=O) groups excluding carboxylic acids is 1. The van der Waals surface area contributed by atoms with Crippen molar-refractivity contribution in [3.63, 3.8) is 0 Å². The van der Waals surface area contributed by atoms with Crippen molar-refractivity contribution >= 4 is 45.4 Å². The van der Waals surface area contributed by atoms with Gasteiger partial charge in [0.15, 0.2) is 5.11 Å². The minimum atomic E-state index is -0.378. The van der Waals surface area contributed by atoms with Gasteiger partial charge in [-0.3, -0.25) is 10.2 Å². The molecule has 0 bridgehead atoms. The number of benzene rings is 1. The molecule has 0 aliphatic heterocycles. The third-order valence-electron chi connectivity index (χ3n) is 1.61. The van der Waals surface area contributed by atoms with Gasteiger partial charge in [-0.25, -0.2) is 0 Å². The van der Waals surface area contributed by atoms with E-state index < -0.39 is 0 Å². The summed E-state index contributed by atoms with van der Waals surface area (Å²) in [5.41, 5.74) is 8.38. The standard InChI is InChI=1S/C10H10BrN3O2S/c1-6(15)16-8-2-3-9(11)7(4-8)5-13-14-10(12)17/h2-5H,1H3,(H3,12,14,17). The molecule has 0 amide bonds. The van der Waals surface area contributed by atoms with E-state index in [1.54, 1.807) is 18.2 Å². The molecule has 3 N–H and O–H groups in total. The Bertz CT molecular complexity index is 477. The van der Waals surface area contributed by atoms with Crippen LogP contribution in [0.4, 0.5) is 0 Å². The van der Waals surface area contributed by atoms with Crippen LogP contribution >= 0.6 is 28.1 Å². The molecule has 0 aliphatic carbocycles. The molecule has 0 aliphatic rings. The Morgan fingerprint density at radius 1 is 1.65 bits per heavy atom. The average Bonchev–Trinajstić information content (AvgIpc) is 2.21. The van der Waals surface area contributed by atoms with Crippen LogP contribution in [0, 0.1) is 0 Å². The van der Waals surface area contributed by atoms with Crippen LogP contribution in [0.15, 0.2) is 27.8 Å². The van der Waals surface area contributed by atoms with Crippen LogP contribution in [0.3, 0.4) is 0 Å². The van der Waals surface area contributed by atoms with Gasteiger partial charge in [0.2, 0.25) is 0 Å². The fourth-order valence-corrected chi connectivity index (χ4v) is 1.42. The Morgan fingerprint density at radius 2 is 2.35 bits per heavy atom. The van der Waals surface area contributed by atoms with E-state index >= 15 is 0 Å². The number of nitrogens with zero attached hydrogens (tertiary/aromatic N) is 1. The van der Waals surface area contributed by atoms with Gasteiger partial charge in [-0.1, -0.05) is 15.9 Å². The van der Waals surface area contributed by atoms with E-state index in [2.05, 4.69) is 38.7 Å². The lowest BCUT2D eigenvalue weighted by atomic mass is 10.2. The van der Waals surface area contributed by atoms with Crippen molar-refractivity contribution in [1.29, 1.82) is 0 Å². The van der Waals surface area contributed by atoms with Crippen molar-refractivity contribution in [3.8, 4) is 5.75 Å². The monoisotopic (exact) mass is 315 g/mol. The van der Waals surface area contributed by atoms with Gasteiger partial charge in [-0.2, -0.15) is 5.10 Å². The normalized spacial score (nSPS) is 10.2. The number of halogens is 1. The predicted octanol–water partition coefficient (Wildman–Crippen LogP) is 1.54. The van der Waals surface area contributed by atoms with Crippen LogP contribution in [0.25, 0.3) is 0 Å². The highest BCUT2D eigenvalue weighted by molar-refractivity contribution is 9.10. The quantitative estimate of drug-likeness (QED) is 0.291. The van der Waals surface area contributed by atoms with Crippen molar-refractivity contribution < 1.29 is 9.53 Å². The highest BCUT2D eigenvalue weighted by atomic mass is 79.9. The maximum absolute atomic E-state index is 10.8. The van der Waals surface area contributed by atoms with Gasteiger partial charge < -0.3 is 10.5 Å². The van der Waals surface area contributed by atoms with Crippen LogP contribution in [0.1, 0.15) is 12.5 Å². The van der Waals surface area contributed by atoms with E-state index in [1.807, 2.05) is 0 Å². The molecule has 5 nitrogen and oxygen atoms in total. The summed E-state index contributed by atoms with van der Waals surface area (Å²) in [5, 5.41) is 3.89. The number of ether oxygens (including phenoxy) is 1. The molecule has 0 radical (unpaired) electrons. The number of esters is 1. The first-order chi connectivity index (χ1) is 7.99. The summed E-state index contributed by atoms with van der Waals surface area (Å²) >= 11 is 7.94. The Hall–Kier alpha value is -1.47. The van der Waals surface area contributed by atoms with E-state index in [9.17, 15) is 4.79 Å². The molecule has 7 heteroatoms. The lowest BCUT2D eigenvalue weighted by Gasteiger charge is -2.04. The number of carbonyl (C=O) groups is 1. The molecule has 0 aromatic heterocycles. The van der Waals surface area contributed by atoms with Crippen molar-refractivity contribution in [2.24, 2.45) is 10.8 Å². The van der Waals surface area contributed by atoms with Crippen LogP contribution in [0.5, 0.6) is 5.75 Å². The number of hydrogen-bond acceptors (Lipinski definition) is 4. The third kappa shape index (κ3) is 4.92. The number of rotatable bonds is 3. The smallest absolute Gasteiger partial charge is 0.308 e. The molecule has 0 atom stereocenters. The zero-order valence-electron chi connectivity index (χ0n) is 8.94. The van der Waals surface area contributed by atoms with Gasteiger partial charge in [0.25, 0.3) is 0 Å². The molecule has 0 saturated heterocycles. The van der Waals surface area contributed by atoms with Gasteiger partial charge in [-0.05, 0) is 30.4 Å². The van der Waals surface area contributed by atoms with Gasteiger partial charge >= 0.3 is 5.97 Å². The van der Waals surface area contributed by atoms with Gasteiger partial charge in [0, 0.05) is 17.0 Å². The molecule has 0 saturated carbocycles. The second kappa shape index (κ2) is 6.31. The first kappa shape index (κ1) is 13.6. The predicted molar refractivity (Wildman–Crippen MR) is 73.0 cm³/mol. The largest absolute Gasteiger partial charge is 0.427 e. The lowest BCUT2D eigenvalue weighted by molar-refractivity contribution is -0.131. The van der Waals surface area contributed by atoms with Crippen LogP contribution < -0.4 is 15.9 Å². The summed E-state index contributed by atoms with van der Waals surface area (Å²) in [6.45, 7) is 1.34. The number of nitrogens with two attached hydrogens (primary N) is 1. The number of thiocarbonyl (C=S) groups is 1. The molecule has 0 spiro atoms. The Labute approximate surface area is 112 Å². The van der Waals surface area contributed by atoms with Crippen LogP contribution in [-0.2, 0) is 4.79 Å². The summed E-state index contributed by atoms with van der Waals surface area (Å²) in [7, 11) is 0. The zero-order chi connectivity index (χ0) is 12.8. The molecule has 90 valence electrons. The molecule has 17 heavy (non-hydrogen) atoms. The van der Waals surface area contributed by atoms with Gasteiger partial charge in [0.05, 0.1) is 6.21 Å². The third-order valence-corrected chi connectivity index (χ3v) is 2.42. The lowest BCUT2D eigenvalue weighted by Crippen LogP contribution is -2.24. The molecule has 0 unspecified atom stereocenters. The molecule has 1 aromatic rings. The fraction of sp³-hybridized carbons (Fsp3) is 0.100. The molecule has 1 aromatic carbocycles. The fourth-order valence-electron chi connectivity index (χ4n) is 1.02. The second-order valence-corrected chi connectivity index (χ2v) is 4.31. The Morgan fingerprint density at radius 3 is 2.94 bits per heavy atom. The zero-order valence-corrected chi connectivity index (χ0v) is 11.3. The van der Waals surface area contributed by atoms with E-state index in [-0.39, 0.29) is 11.1 Å². The Kier molecular flexibility index (Phi) is 5.05. The maximum atomic E-state index is 10.8. The summed E-state index contributed by atoms with van der Waals surface area (Å²) in [6.07, 6.45) is 1.51. The van der Waals surface area contributed by atoms with E-state index in [4.69, 9.17) is 10.5 Å². The summed E-state index contributed by atoms with van der Waals surface area (Å²) in [4.78, 5) is 10.8. The summed E-state index contributed by atoms with van der Waals surface area (Å²) in [5.74, 6) is 0.0638. The summed E-state index contributed by atoms with van der Waals surface area (Å²) in [6, 6.07) is 5.08. The van der Waals surface area contributed by atoms with E-state index in [0.717, 1.165) is 10.0 Å². The van der Waals surface area contributed by atoms with E-state index in [1.165, 1.54) is 13.1 Å². The SMILES string of the molecule is CC(=O)Oc1ccc(Br)c(C=NNC(N)=S)c1. The number of nitrogens with one attached hydrogen (secondary N) is 1. The van der Waals surface area contributed by atoms with Crippen LogP contribution in [0.2, 0.25) is 0 Å². The van der Waals surface area contributed by atoms with Gasteiger partial charge in [0.1, 0.15) is 5.75 Å². The average molecular weight is 316 g/mol. The number of hydrazone groups is 1. The molecular formula is C10H10BrN3O2S. The van der Waals surface area contributed by atoms with Crippen molar-refractivity contribution in [1.82, 2.24) is 5.43 Å². The highest BCUT2D eigenvalue weighted by Crippen LogP contribution is 2.21. The first-order valence-corrected chi connectivity index (χ1v) is 5.75. The number of hydrogen-bond donors (Lipinski definition) is 2. The van der Waals surface area contributed by atoms with Crippen molar-refractivity contribution in [3.05, 3.63) is 28.2 Å². The van der Waals surface area contributed by atoms with E-state index in [0.29, 0.717) is 5.75 Å². The molecule has 0 fully saturated rings. The Balaban J connectivity index is 2.86. The topological polar surface area (TPSA) is 76.7 Å². The maximum Gasteiger partial charge on any atom is 0.308 e. The minimum absolute atomic E-state index is 0.0773.